The summed E-state index contributed by atoms with van der Waals surface area (Å²) in [7, 11) is 0. The number of anilines is 1. The fraction of sp³-hybridized carbons (Fsp3) is 0.211. The molecule has 0 bridgehead atoms. The molecule has 0 fully saturated rings. The number of carboxylic acid groups (broad SMARTS) is 2. The number of non-ortho nitro benzene ring substituents is 1. The van der Waals surface area contributed by atoms with Gasteiger partial charge in [-0.3, -0.25) is 24.5 Å². The second-order valence-electron chi connectivity index (χ2n) is 6.40. The normalized spacial score (nSPS) is 11.5. The van der Waals surface area contributed by atoms with Gasteiger partial charge in [-0.05, 0) is 48.2 Å². The van der Waals surface area contributed by atoms with E-state index in [1.54, 1.807) is 0 Å². The molecule has 1 amide bonds. The number of aliphatic carboxylic acids is 2. The molecular weight excluding hydrogens is 418 g/mol. The Morgan fingerprint density at radius 2 is 1.77 bits per heavy atom. The molecule has 2 aromatic rings. The van der Waals surface area contributed by atoms with Crippen LogP contribution in [0.3, 0.4) is 0 Å². The highest BCUT2D eigenvalue weighted by molar-refractivity contribution is 6.34. The third-order valence-electron chi connectivity index (χ3n) is 4.24. The quantitative estimate of drug-likeness (QED) is 0.343. The predicted octanol–water partition coefficient (Wildman–Crippen LogP) is 2.47. The topological polar surface area (TPSA) is 173 Å². The van der Waals surface area contributed by atoms with Crippen LogP contribution in [0.5, 0.6) is 0 Å². The largest absolute Gasteiger partial charge is 0.481 e. The van der Waals surface area contributed by atoms with E-state index in [2.05, 4.69) is 5.32 Å². The third-order valence-corrected chi connectivity index (χ3v) is 4.56. The molecule has 2 rings (SSSR count). The molecule has 1 atom stereocenters. The van der Waals surface area contributed by atoms with Crippen molar-refractivity contribution in [3.63, 3.8) is 0 Å². The lowest BCUT2D eigenvalue weighted by Crippen LogP contribution is -2.32. The van der Waals surface area contributed by atoms with Crippen molar-refractivity contribution in [2.75, 3.05) is 5.32 Å². The minimum absolute atomic E-state index is 0.0689. The van der Waals surface area contributed by atoms with E-state index in [9.17, 15) is 24.5 Å². The van der Waals surface area contributed by atoms with Crippen LogP contribution in [0.25, 0.3) is 0 Å². The number of rotatable bonds is 9. The number of carbonyl (C=O) groups excluding carboxylic acids is 1. The Balaban J connectivity index is 2.30. The molecule has 0 aliphatic heterocycles. The summed E-state index contributed by atoms with van der Waals surface area (Å²) in [6.45, 7) is 0. The number of carbonyl (C=O) groups is 3. The molecule has 2 aromatic carbocycles. The highest BCUT2D eigenvalue weighted by atomic mass is 35.5. The molecule has 0 heterocycles. The number of aryl methyl sites for hydroxylation is 1. The van der Waals surface area contributed by atoms with Crippen LogP contribution in [0.1, 0.15) is 27.9 Å². The van der Waals surface area contributed by atoms with E-state index in [1.807, 2.05) is 0 Å². The molecule has 10 nitrogen and oxygen atoms in total. The van der Waals surface area contributed by atoms with Crippen molar-refractivity contribution in [3.05, 3.63) is 68.2 Å². The number of hydrogen-bond acceptors (Lipinski definition) is 6. The van der Waals surface area contributed by atoms with Gasteiger partial charge in [0.15, 0.2) is 0 Å². The number of nitro benzene ring substituents is 1. The number of benzene rings is 2. The van der Waals surface area contributed by atoms with Crippen molar-refractivity contribution in [3.8, 4) is 0 Å². The van der Waals surface area contributed by atoms with Gasteiger partial charge in [-0.25, -0.2) is 0 Å². The zero-order valence-electron chi connectivity index (χ0n) is 15.5. The van der Waals surface area contributed by atoms with Crippen molar-refractivity contribution in [2.24, 2.45) is 5.73 Å². The van der Waals surface area contributed by atoms with Gasteiger partial charge in [-0.1, -0.05) is 11.6 Å². The Morgan fingerprint density at radius 1 is 1.13 bits per heavy atom. The number of amides is 1. The van der Waals surface area contributed by atoms with Crippen molar-refractivity contribution in [1.82, 2.24) is 0 Å². The first-order valence-electron chi connectivity index (χ1n) is 8.65. The lowest BCUT2D eigenvalue weighted by atomic mass is 9.96. The SMILES string of the molecule is N[C@@H](Cc1cc(Cl)c(NC(=O)c2ccc([N+](=O)[O-])cc2)cc1CCC(=O)O)C(=O)O. The molecule has 0 aliphatic carbocycles. The van der Waals surface area contributed by atoms with Crippen LogP contribution >= 0.6 is 11.6 Å². The van der Waals surface area contributed by atoms with E-state index in [1.165, 1.54) is 36.4 Å². The lowest BCUT2D eigenvalue weighted by molar-refractivity contribution is -0.384. The van der Waals surface area contributed by atoms with Crippen molar-refractivity contribution in [1.29, 1.82) is 0 Å². The Labute approximate surface area is 175 Å². The van der Waals surface area contributed by atoms with E-state index in [-0.39, 0.29) is 41.2 Å². The fourth-order valence-corrected chi connectivity index (χ4v) is 2.91. The first kappa shape index (κ1) is 22.8. The fourth-order valence-electron chi connectivity index (χ4n) is 2.67. The Morgan fingerprint density at radius 3 is 2.30 bits per heavy atom. The molecule has 158 valence electrons. The molecule has 0 saturated carbocycles. The third kappa shape index (κ3) is 6.00. The molecule has 11 heteroatoms. The van der Waals surface area contributed by atoms with Crippen LogP contribution in [-0.2, 0) is 22.4 Å². The van der Waals surface area contributed by atoms with Crippen molar-refractivity contribution < 1.29 is 29.5 Å². The van der Waals surface area contributed by atoms with Gasteiger partial charge in [0.2, 0.25) is 0 Å². The maximum atomic E-state index is 12.4. The van der Waals surface area contributed by atoms with Gasteiger partial charge in [-0.2, -0.15) is 0 Å². The minimum atomic E-state index is -1.22. The van der Waals surface area contributed by atoms with Gasteiger partial charge in [0.1, 0.15) is 6.04 Å². The number of hydrogen-bond donors (Lipinski definition) is 4. The van der Waals surface area contributed by atoms with Crippen LogP contribution in [0.2, 0.25) is 5.02 Å². The van der Waals surface area contributed by atoms with E-state index in [0.29, 0.717) is 11.1 Å². The zero-order chi connectivity index (χ0) is 22.4. The molecule has 30 heavy (non-hydrogen) atoms. The molecule has 0 aliphatic rings. The molecule has 5 N–H and O–H groups in total. The highest BCUT2D eigenvalue weighted by Gasteiger charge is 2.18. The molecular formula is C19H18ClN3O7. The maximum Gasteiger partial charge on any atom is 0.320 e. The Bertz CT molecular complexity index is 992. The first-order valence-corrected chi connectivity index (χ1v) is 9.03. The monoisotopic (exact) mass is 435 g/mol. The number of nitrogens with two attached hydrogens (primary N) is 1. The molecule has 0 aromatic heterocycles. The van der Waals surface area contributed by atoms with Crippen LogP contribution in [0.15, 0.2) is 36.4 Å². The van der Waals surface area contributed by atoms with Crippen LogP contribution in [-0.4, -0.2) is 39.0 Å². The van der Waals surface area contributed by atoms with Gasteiger partial charge < -0.3 is 21.3 Å². The number of nitro groups is 1. The Hall–Kier alpha value is -3.50. The van der Waals surface area contributed by atoms with Gasteiger partial charge in [-0.15, -0.1) is 0 Å². The van der Waals surface area contributed by atoms with Gasteiger partial charge in [0.25, 0.3) is 11.6 Å². The van der Waals surface area contributed by atoms with E-state index in [0.717, 1.165) is 0 Å². The second kappa shape index (κ2) is 9.81. The predicted molar refractivity (Wildman–Crippen MR) is 108 cm³/mol. The molecule has 0 saturated heterocycles. The van der Waals surface area contributed by atoms with Crippen LogP contribution in [0, 0.1) is 10.1 Å². The van der Waals surface area contributed by atoms with Crippen LogP contribution < -0.4 is 11.1 Å². The van der Waals surface area contributed by atoms with Crippen LogP contribution in [0.4, 0.5) is 11.4 Å². The molecule has 0 radical (unpaired) electrons. The average Bonchev–Trinajstić information content (AvgIpc) is 2.68. The summed E-state index contributed by atoms with van der Waals surface area (Å²) >= 11 is 6.22. The molecule has 0 spiro atoms. The van der Waals surface area contributed by atoms with Crippen molar-refractivity contribution in [2.45, 2.75) is 25.3 Å². The summed E-state index contributed by atoms with van der Waals surface area (Å²) < 4.78 is 0. The number of carboxylic acids is 2. The maximum absolute atomic E-state index is 12.4. The number of nitrogens with one attached hydrogen (secondary N) is 1. The first-order chi connectivity index (χ1) is 14.1. The van der Waals surface area contributed by atoms with E-state index >= 15 is 0 Å². The van der Waals surface area contributed by atoms with Crippen molar-refractivity contribution >= 4 is 40.8 Å². The summed E-state index contributed by atoms with van der Waals surface area (Å²) in [5, 5.41) is 31.4. The van der Waals surface area contributed by atoms with Gasteiger partial charge >= 0.3 is 11.9 Å². The number of halogens is 1. The highest BCUT2D eigenvalue weighted by Crippen LogP contribution is 2.29. The van der Waals surface area contributed by atoms with Gasteiger partial charge in [0, 0.05) is 24.1 Å². The van der Waals surface area contributed by atoms with Gasteiger partial charge in [0.05, 0.1) is 15.6 Å². The Kier molecular flexibility index (Phi) is 7.45. The summed E-state index contributed by atoms with van der Waals surface area (Å²) in [4.78, 5) is 44.6. The van der Waals surface area contributed by atoms with E-state index < -0.39 is 28.8 Å². The lowest BCUT2D eigenvalue weighted by Gasteiger charge is -2.16. The summed E-state index contributed by atoms with van der Waals surface area (Å²) in [6.07, 6.45) is -0.207. The minimum Gasteiger partial charge on any atom is -0.481 e. The zero-order valence-corrected chi connectivity index (χ0v) is 16.3. The summed E-state index contributed by atoms with van der Waals surface area (Å²) in [5.74, 6) is -2.84. The standard InChI is InChI=1S/C19H18ClN3O7/c20-14-7-12(8-15(21)19(27)28)11(3-6-17(24)25)9-16(14)22-18(26)10-1-4-13(5-2-10)23(29)30/h1-2,4-5,7,9,15H,3,6,8,21H2,(H,22,26)(H,24,25)(H,27,28)/t15-/m0/s1. The summed E-state index contributed by atoms with van der Waals surface area (Å²) in [6, 6.07) is 6.65. The van der Waals surface area contributed by atoms with E-state index in [4.69, 9.17) is 27.5 Å². The number of nitrogens with zero attached hydrogens (tertiary/aromatic N) is 1. The summed E-state index contributed by atoms with van der Waals surface area (Å²) in [5.41, 5.74) is 6.70. The smallest absolute Gasteiger partial charge is 0.320 e. The second-order valence-corrected chi connectivity index (χ2v) is 6.81. The molecule has 0 unspecified atom stereocenters. The average molecular weight is 436 g/mol.